The van der Waals surface area contributed by atoms with Gasteiger partial charge in [0.2, 0.25) is 0 Å². The third kappa shape index (κ3) is 2.24. The highest BCUT2D eigenvalue weighted by molar-refractivity contribution is 9.10. The van der Waals surface area contributed by atoms with E-state index >= 15 is 0 Å². The monoisotopic (exact) mass is 414 g/mol. The molecular weight excluding hydrogens is 400 g/mol. The minimum Gasteiger partial charge on any atom is -0.0805 e. The molecule has 0 nitrogen and oxygen atoms in total. The second-order valence-corrected chi connectivity index (χ2v) is 7.93. The Balaban J connectivity index is 1.90. The highest BCUT2D eigenvalue weighted by Gasteiger charge is 2.34. The zero-order chi connectivity index (χ0) is 15.3. The zero-order valence-electron chi connectivity index (χ0n) is 12.3. The van der Waals surface area contributed by atoms with Gasteiger partial charge in [0.25, 0.3) is 0 Å². The Labute approximate surface area is 148 Å². The summed E-state index contributed by atoms with van der Waals surface area (Å²) in [5.74, 6) is 0.949. The Kier molecular flexibility index (Phi) is 3.62. The lowest BCUT2D eigenvalue weighted by Gasteiger charge is -2.23. The Morgan fingerprint density at radius 1 is 0.955 bits per heavy atom. The summed E-state index contributed by atoms with van der Waals surface area (Å²) in [4.78, 5) is 0. The average molecular weight is 416 g/mol. The van der Waals surface area contributed by atoms with E-state index in [0.29, 0.717) is 11.8 Å². The van der Waals surface area contributed by atoms with Crippen LogP contribution in [0.3, 0.4) is 0 Å². The van der Waals surface area contributed by atoms with E-state index in [-0.39, 0.29) is 0 Å². The van der Waals surface area contributed by atoms with Crippen molar-refractivity contribution in [3.8, 4) is 11.1 Å². The molecule has 0 saturated carbocycles. The van der Waals surface area contributed by atoms with Crippen molar-refractivity contribution in [1.29, 1.82) is 0 Å². The summed E-state index contributed by atoms with van der Waals surface area (Å²) < 4.78 is 2.32. The third-order valence-electron chi connectivity index (χ3n) is 4.87. The van der Waals surface area contributed by atoms with Crippen LogP contribution in [0, 0.1) is 5.92 Å². The normalized spacial score (nSPS) is 17.3. The van der Waals surface area contributed by atoms with Gasteiger partial charge in [-0.2, -0.15) is 0 Å². The van der Waals surface area contributed by atoms with Gasteiger partial charge >= 0.3 is 0 Å². The lowest BCUT2D eigenvalue weighted by molar-refractivity contribution is 0.592. The van der Waals surface area contributed by atoms with E-state index in [4.69, 9.17) is 0 Å². The summed E-state index contributed by atoms with van der Waals surface area (Å²) >= 11 is 7.30. The highest BCUT2D eigenvalue weighted by atomic mass is 79.9. The molecule has 22 heavy (non-hydrogen) atoms. The first-order valence-corrected chi connectivity index (χ1v) is 9.18. The molecule has 0 N–H and O–H groups in total. The standard InChI is InChI=1S/C20H16Br2/c1-12(13-4-2-3-5-13)20-18-10-14(21)6-8-16(18)17-9-7-15(22)11-19(17)20/h2-4,6-12,20H,5H2,1H3. The number of allylic oxidation sites excluding steroid dienone is 4. The van der Waals surface area contributed by atoms with Gasteiger partial charge in [-0.25, -0.2) is 0 Å². The molecule has 0 radical (unpaired) electrons. The lowest BCUT2D eigenvalue weighted by atomic mass is 9.80. The van der Waals surface area contributed by atoms with Crippen LogP contribution in [0.2, 0.25) is 0 Å². The molecule has 2 aromatic carbocycles. The second kappa shape index (κ2) is 5.50. The Hall–Kier alpha value is -1.12. The first kappa shape index (κ1) is 14.5. The van der Waals surface area contributed by atoms with Crippen LogP contribution in [0.25, 0.3) is 11.1 Å². The molecule has 0 fully saturated rings. The Morgan fingerprint density at radius 3 is 2.05 bits per heavy atom. The van der Waals surface area contributed by atoms with E-state index in [2.05, 4.69) is 93.4 Å². The second-order valence-electron chi connectivity index (χ2n) is 6.10. The molecule has 0 bridgehead atoms. The van der Waals surface area contributed by atoms with Gasteiger partial charge in [-0.3, -0.25) is 0 Å². The predicted octanol–water partition coefficient (Wildman–Crippen LogP) is 6.85. The van der Waals surface area contributed by atoms with Crippen LogP contribution < -0.4 is 0 Å². The molecule has 0 aromatic heterocycles. The van der Waals surface area contributed by atoms with Crippen molar-refractivity contribution >= 4 is 31.9 Å². The SMILES string of the molecule is CC(C1=CC=CC1)C1c2cc(Br)ccc2-c2ccc(Br)cc21. The number of rotatable bonds is 2. The Morgan fingerprint density at radius 2 is 1.55 bits per heavy atom. The molecule has 4 rings (SSSR count). The van der Waals surface area contributed by atoms with Gasteiger partial charge in [0, 0.05) is 14.9 Å². The molecular formula is C20H16Br2. The van der Waals surface area contributed by atoms with Crippen molar-refractivity contribution in [3.05, 3.63) is 80.3 Å². The van der Waals surface area contributed by atoms with Gasteiger partial charge in [-0.1, -0.05) is 74.7 Å². The van der Waals surface area contributed by atoms with Crippen molar-refractivity contribution in [1.82, 2.24) is 0 Å². The fraction of sp³-hybridized carbons (Fsp3) is 0.200. The molecule has 2 aliphatic rings. The number of halogens is 2. The molecule has 0 heterocycles. The summed E-state index contributed by atoms with van der Waals surface area (Å²) in [5, 5.41) is 0. The minimum atomic E-state index is 0.436. The summed E-state index contributed by atoms with van der Waals surface area (Å²) in [6.07, 6.45) is 7.82. The molecule has 2 aromatic rings. The summed E-state index contributed by atoms with van der Waals surface area (Å²) in [7, 11) is 0. The Bertz CT molecular complexity index is 763. The fourth-order valence-corrected chi connectivity index (χ4v) is 4.55. The zero-order valence-corrected chi connectivity index (χ0v) is 15.5. The van der Waals surface area contributed by atoms with Crippen LogP contribution in [0.4, 0.5) is 0 Å². The first-order chi connectivity index (χ1) is 10.6. The average Bonchev–Trinajstić information content (AvgIpc) is 3.11. The van der Waals surface area contributed by atoms with Crippen LogP contribution >= 0.6 is 31.9 Å². The fourth-order valence-electron chi connectivity index (χ4n) is 3.79. The largest absolute Gasteiger partial charge is 0.0805 e. The molecule has 2 aliphatic carbocycles. The third-order valence-corrected chi connectivity index (χ3v) is 5.86. The molecule has 0 spiro atoms. The molecule has 0 aliphatic heterocycles. The number of hydrogen-bond donors (Lipinski definition) is 0. The number of benzene rings is 2. The van der Waals surface area contributed by atoms with Gasteiger partial charge in [0.15, 0.2) is 0 Å². The molecule has 1 atom stereocenters. The van der Waals surface area contributed by atoms with Gasteiger partial charge in [0.1, 0.15) is 0 Å². The smallest absolute Gasteiger partial charge is 0.0178 e. The highest BCUT2D eigenvalue weighted by Crippen LogP contribution is 2.51. The van der Waals surface area contributed by atoms with E-state index in [1.807, 2.05) is 0 Å². The van der Waals surface area contributed by atoms with Crippen LogP contribution in [0.5, 0.6) is 0 Å². The molecule has 0 saturated heterocycles. The van der Waals surface area contributed by atoms with Crippen molar-refractivity contribution in [2.75, 3.05) is 0 Å². The minimum absolute atomic E-state index is 0.436. The summed E-state index contributed by atoms with van der Waals surface area (Å²) in [5.41, 5.74) is 7.19. The molecule has 1 unspecified atom stereocenters. The maximum atomic E-state index is 3.65. The maximum absolute atomic E-state index is 3.65. The van der Waals surface area contributed by atoms with Gasteiger partial charge in [0.05, 0.1) is 0 Å². The van der Waals surface area contributed by atoms with Gasteiger partial charge < -0.3 is 0 Å². The van der Waals surface area contributed by atoms with Crippen molar-refractivity contribution in [2.45, 2.75) is 19.3 Å². The summed E-state index contributed by atoms with van der Waals surface area (Å²) in [6.45, 7) is 2.37. The molecule has 110 valence electrons. The number of hydrogen-bond acceptors (Lipinski definition) is 0. The van der Waals surface area contributed by atoms with Crippen molar-refractivity contribution in [3.63, 3.8) is 0 Å². The first-order valence-electron chi connectivity index (χ1n) is 7.60. The van der Waals surface area contributed by atoms with E-state index < -0.39 is 0 Å². The quantitative estimate of drug-likeness (QED) is 0.503. The van der Waals surface area contributed by atoms with E-state index in [9.17, 15) is 0 Å². The molecule has 0 amide bonds. The maximum Gasteiger partial charge on any atom is 0.0178 e. The van der Waals surface area contributed by atoms with E-state index in [0.717, 1.165) is 15.4 Å². The van der Waals surface area contributed by atoms with E-state index in [1.165, 1.54) is 27.8 Å². The van der Waals surface area contributed by atoms with Gasteiger partial charge in [-0.15, -0.1) is 0 Å². The number of fused-ring (bicyclic) bond motifs is 3. The van der Waals surface area contributed by atoms with Crippen LogP contribution in [0.1, 0.15) is 30.4 Å². The summed E-state index contributed by atoms with van der Waals surface area (Å²) in [6, 6.07) is 13.4. The lowest BCUT2D eigenvalue weighted by Crippen LogP contribution is -2.11. The van der Waals surface area contributed by atoms with Crippen molar-refractivity contribution < 1.29 is 0 Å². The van der Waals surface area contributed by atoms with Crippen LogP contribution in [-0.2, 0) is 0 Å². The van der Waals surface area contributed by atoms with Gasteiger partial charge in [-0.05, 0) is 58.9 Å². The molecule has 2 heteroatoms. The van der Waals surface area contributed by atoms with Crippen LogP contribution in [-0.4, -0.2) is 0 Å². The van der Waals surface area contributed by atoms with E-state index in [1.54, 1.807) is 0 Å². The predicted molar refractivity (Wildman–Crippen MR) is 100 cm³/mol. The van der Waals surface area contributed by atoms with Crippen LogP contribution in [0.15, 0.2) is 69.1 Å². The topological polar surface area (TPSA) is 0 Å². The van der Waals surface area contributed by atoms with Crippen molar-refractivity contribution in [2.24, 2.45) is 5.92 Å².